The highest BCUT2D eigenvalue weighted by atomic mass is 16.5. The first-order chi connectivity index (χ1) is 10.0. The molecule has 2 unspecified atom stereocenters. The Labute approximate surface area is 124 Å². The van der Waals surface area contributed by atoms with E-state index in [0.717, 1.165) is 12.0 Å². The summed E-state index contributed by atoms with van der Waals surface area (Å²) in [5.41, 5.74) is 1.07. The molecule has 0 amide bonds. The Morgan fingerprint density at radius 1 is 1.19 bits per heavy atom. The van der Waals surface area contributed by atoms with Crippen LogP contribution >= 0.6 is 0 Å². The van der Waals surface area contributed by atoms with Crippen molar-refractivity contribution < 1.29 is 23.8 Å². The summed E-state index contributed by atoms with van der Waals surface area (Å²) in [6.07, 6.45) is 1.08. The Kier molecular flexibility index (Phi) is 4.83. The van der Waals surface area contributed by atoms with Gasteiger partial charge in [-0.15, -0.1) is 0 Å². The van der Waals surface area contributed by atoms with Gasteiger partial charge in [-0.05, 0) is 36.5 Å². The highest BCUT2D eigenvalue weighted by molar-refractivity contribution is 5.86. The maximum absolute atomic E-state index is 11.8. The summed E-state index contributed by atoms with van der Waals surface area (Å²) in [6, 6.07) is 5.74. The summed E-state index contributed by atoms with van der Waals surface area (Å²) in [7, 11) is 3.18. The zero-order chi connectivity index (χ0) is 15.4. The van der Waals surface area contributed by atoms with Crippen LogP contribution in [0.2, 0.25) is 0 Å². The van der Waals surface area contributed by atoms with Crippen molar-refractivity contribution in [1.82, 2.24) is 0 Å². The van der Waals surface area contributed by atoms with Crippen molar-refractivity contribution in [2.24, 2.45) is 0 Å². The van der Waals surface area contributed by atoms with Gasteiger partial charge in [0, 0.05) is 13.3 Å². The van der Waals surface area contributed by atoms with Crippen molar-refractivity contribution >= 4 is 11.8 Å². The average Bonchev–Trinajstić information content (AvgIpc) is 2.48. The Morgan fingerprint density at radius 2 is 1.90 bits per heavy atom. The van der Waals surface area contributed by atoms with Gasteiger partial charge in [0.2, 0.25) is 0 Å². The van der Waals surface area contributed by atoms with Gasteiger partial charge in [-0.2, -0.15) is 0 Å². The molecular weight excluding hydrogens is 272 g/mol. The van der Waals surface area contributed by atoms with Crippen LogP contribution in [0.1, 0.15) is 37.7 Å². The van der Waals surface area contributed by atoms with Gasteiger partial charge in [0.05, 0.1) is 14.2 Å². The van der Waals surface area contributed by atoms with Crippen LogP contribution in [-0.4, -0.2) is 32.1 Å². The van der Waals surface area contributed by atoms with E-state index >= 15 is 0 Å². The predicted molar refractivity (Wildman–Crippen MR) is 76.7 cm³/mol. The number of esters is 1. The lowest BCUT2D eigenvalue weighted by Gasteiger charge is -2.28. The number of carbonyl (C=O) groups excluding carboxylic acids is 2. The highest BCUT2D eigenvalue weighted by Gasteiger charge is 2.32. The molecule has 2 atom stereocenters. The Morgan fingerprint density at radius 3 is 2.52 bits per heavy atom. The lowest BCUT2D eigenvalue weighted by atomic mass is 9.81. The molecule has 5 heteroatoms. The molecule has 2 rings (SSSR count). The van der Waals surface area contributed by atoms with Crippen LogP contribution in [0.3, 0.4) is 0 Å². The number of ketones is 1. The first-order valence-electron chi connectivity index (χ1n) is 6.97. The van der Waals surface area contributed by atoms with Gasteiger partial charge in [-0.1, -0.05) is 6.07 Å². The molecule has 1 aromatic rings. The molecule has 0 aliphatic heterocycles. The first kappa shape index (κ1) is 15.4. The molecule has 5 nitrogen and oxygen atoms in total. The van der Waals surface area contributed by atoms with Crippen LogP contribution < -0.4 is 9.47 Å². The summed E-state index contributed by atoms with van der Waals surface area (Å²) >= 11 is 0. The van der Waals surface area contributed by atoms with Gasteiger partial charge in [0.25, 0.3) is 0 Å². The third kappa shape index (κ3) is 3.54. The zero-order valence-electron chi connectivity index (χ0n) is 12.5. The van der Waals surface area contributed by atoms with Gasteiger partial charge in [0.15, 0.2) is 23.4 Å². The lowest BCUT2D eigenvalue weighted by Crippen LogP contribution is -2.32. The van der Waals surface area contributed by atoms with Crippen molar-refractivity contribution in [2.45, 2.75) is 38.2 Å². The van der Waals surface area contributed by atoms with Crippen molar-refractivity contribution in [2.75, 3.05) is 14.2 Å². The molecule has 1 saturated carbocycles. The zero-order valence-corrected chi connectivity index (χ0v) is 12.5. The van der Waals surface area contributed by atoms with Gasteiger partial charge < -0.3 is 14.2 Å². The molecule has 0 radical (unpaired) electrons. The molecule has 0 aromatic heterocycles. The molecule has 114 valence electrons. The summed E-state index contributed by atoms with van der Waals surface area (Å²) < 4.78 is 15.6. The SMILES string of the molecule is COc1ccc(C2CCC(=O)C(OC(C)=O)C2)cc1OC. The van der Waals surface area contributed by atoms with E-state index in [-0.39, 0.29) is 11.7 Å². The number of carbonyl (C=O) groups is 2. The lowest BCUT2D eigenvalue weighted by molar-refractivity contribution is -0.155. The van der Waals surface area contributed by atoms with Crippen LogP contribution in [0.15, 0.2) is 18.2 Å². The van der Waals surface area contributed by atoms with Gasteiger partial charge in [-0.25, -0.2) is 0 Å². The molecule has 1 fully saturated rings. The molecule has 1 aliphatic carbocycles. The first-order valence-corrected chi connectivity index (χ1v) is 6.97. The fraction of sp³-hybridized carbons (Fsp3) is 0.500. The van der Waals surface area contributed by atoms with E-state index in [1.807, 2.05) is 18.2 Å². The van der Waals surface area contributed by atoms with Gasteiger partial charge >= 0.3 is 5.97 Å². The molecular formula is C16H20O5. The summed E-state index contributed by atoms with van der Waals surface area (Å²) in [5.74, 6) is 1.09. The molecule has 0 bridgehead atoms. The van der Waals surface area contributed by atoms with Crippen molar-refractivity contribution in [3.63, 3.8) is 0 Å². The molecule has 0 heterocycles. The predicted octanol–water partition coefficient (Wildman–Crippen LogP) is 2.47. The third-order valence-corrected chi connectivity index (χ3v) is 3.78. The summed E-state index contributed by atoms with van der Waals surface area (Å²) in [5, 5.41) is 0. The minimum atomic E-state index is -0.630. The van der Waals surface area contributed by atoms with E-state index in [1.165, 1.54) is 6.92 Å². The monoisotopic (exact) mass is 292 g/mol. The quantitative estimate of drug-likeness (QED) is 0.798. The summed E-state index contributed by atoms with van der Waals surface area (Å²) in [4.78, 5) is 22.9. The number of rotatable bonds is 4. The maximum Gasteiger partial charge on any atom is 0.303 e. The maximum atomic E-state index is 11.8. The Hall–Kier alpha value is -2.04. The van der Waals surface area contributed by atoms with E-state index in [2.05, 4.69) is 0 Å². The molecule has 0 spiro atoms. The van der Waals surface area contributed by atoms with Crippen molar-refractivity contribution in [3.8, 4) is 11.5 Å². The highest BCUT2D eigenvalue weighted by Crippen LogP contribution is 2.37. The van der Waals surface area contributed by atoms with Crippen molar-refractivity contribution in [1.29, 1.82) is 0 Å². The number of hydrogen-bond acceptors (Lipinski definition) is 5. The minimum absolute atomic E-state index is 0.00178. The van der Waals surface area contributed by atoms with Crippen LogP contribution in [0.4, 0.5) is 0 Å². The number of benzene rings is 1. The summed E-state index contributed by atoms with van der Waals surface area (Å²) in [6.45, 7) is 1.33. The fourth-order valence-electron chi connectivity index (χ4n) is 2.71. The third-order valence-electron chi connectivity index (χ3n) is 3.78. The topological polar surface area (TPSA) is 61.8 Å². The van der Waals surface area contributed by atoms with E-state index in [9.17, 15) is 9.59 Å². The average molecular weight is 292 g/mol. The smallest absolute Gasteiger partial charge is 0.303 e. The Balaban J connectivity index is 2.18. The molecule has 21 heavy (non-hydrogen) atoms. The second-order valence-corrected chi connectivity index (χ2v) is 5.15. The van der Waals surface area contributed by atoms with Crippen molar-refractivity contribution in [3.05, 3.63) is 23.8 Å². The molecule has 0 N–H and O–H groups in total. The second kappa shape index (κ2) is 6.61. The standard InChI is InChI=1S/C16H20O5/c1-10(17)21-15-8-11(4-6-13(15)18)12-5-7-14(19-2)16(9-12)20-3/h5,7,9,11,15H,4,6,8H2,1-3H3. The van der Waals surface area contributed by atoms with Crippen LogP contribution in [-0.2, 0) is 14.3 Å². The van der Waals surface area contributed by atoms with E-state index in [0.29, 0.717) is 24.3 Å². The number of ether oxygens (including phenoxy) is 3. The number of Topliss-reactive ketones (excluding diaryl/α,β-unsaturated/α-hetero) is 1. The number of methoxy groups -OCH3 is 2. The Bertz CT molecular complexity index is 537. The molecule has 1 aliphatic rings. The largest absolute Gasteiger partial charge is 0.493 e. The van der Waals surface area contributed by atoms with E-state index < -0.39 is 12.1 Å². The van der Waals surface area contributed by atoms with Gasteiger partial charge in [-0.3, -0.25) is 9.59 Å². The normalized spacial score (nSPS) is 21.8. The van der Waals surface area contributed by atoms with Gasteiger partial charge in [0.1, 0.15) is 0 Å². The van der Waals surface area contributed by atoms with Crippen LogP contribution in [0.25, 0.3) is 0 Å². The second-order valence-electron chi connectivity index (χ2n) is 5.15. The van der Waals surface area contributed by atoms with Crippen LogP contribution in [0, 0.1) is 0 Å². The minimum Gasteiger partial charge on any atom is -0.493 e. The van der Waals surface area contributed by atoms with E-state index in [4.69, 9.17) is 14.2 Å². The van der Waals surface area contributed by atoms with Crippen LogP contribution in [0.5, 0.6) is 11.5 Å². The molecule has 0 saturated heterocycles. The molecule has 1 aromatic carbocycles. The van der Waals surface area contributed by atoms with E-state index in [1.54, 1.807) is 14.2 Å². The number of hydrogen-bond donors (Lipinski definition) is 0. The fourth-order valence-corrected chi connectivity index (χ4v) is 2.71.